The number of alkyl halides is 3. The smallest absolute Gasteiger partial charge is 0.383 e. The third-order valence-corrected chi connectivity index (χ3v) is 9.50. The van der Waals surface area contributed by atoms with Crippen LogP contribution in [-0.2, 0) is 6.18 Å². The number of nitrogen functional groups attached to an aromatic ring is 1. The number of anilines is 1. The molecule has 2 saturated heterocycles. The van der Waals surface area contributed by atoms with Crippen LogP contribution in [0.15, 0.2) is 36.9 Å². The van der Waals surface area contributed by atoms with E-state index in [0.717, 1.165) is 68.8 Å². The quantitative estimate of drug-likeness (QED) is 0.343. The Hall–Kier alpha value is -2.92. The topological polar surface area (TPSA) is 79.1 Å². The fraction of sp³-hybridized carbons (Fsp3) is 0.571. The van der Waals surface area contributed by atoms with E-state index in [-0.39, 0.29) is 5.92 Å². The second kappa shape index (κ2) is 9.92. The molecule has 39 heavy (non-hydrogen) atoms. The van der Waals surface area contributed by atoms with Gasteiger partial charge in [-0.2, -0.15) is 18.2 Å². The molecule has 2 aromatic rings. The van der Waals surface area contributed by atoms with Crippen molar-refractivity contribution in [1.29, 1.82) is 0 Å². The number of piperidine rings is 1. The van der Waals surface area contributed by atoms with Crippen LogP contribution >= 0.6 is 0 Å². The van der Waals surface area contributed by atoms with E-state index in [4.69, 9.17) is 10.7 Å². The summed E-state index contributed by atoms with van der Waals surface area (Å²) in [5, 5.41) is 7.32. The standard InChI is InChI=1S/C28H36F4N7/c29-23-17-21(5-6-22(23)28(30,31)32)19-7-15-39(16-8-19,26-24(20-3-1-4-20)25(33)34-18-35-26)27(36-10-11-37-27)9-14-38-12-2-13-38/h5-6,10-11,17-20,36-37H,1-4,7-9,12-16H2,(H2,33,34,35)/q+1. The molecule has 0 radical (unpaired) electrons. The van der Waals surface area contributed by atoms with Gasteiger partial charge in [0.15, 0.2) is 0 Å². The van der Waals surface area contributed by atoms with Crippen molar-refractivity contribution in [3.8, 4) is 0 Å². The zero-order valence-corrected chi connectivity index (χ0v) is 22.0. The molecule has 11 heteroatoms. The lowest BCUT2D eigenvalue weighted by molar-refractivity contribution is -0.140. The zero-order chi connectivity index (χ0) is 27.3. The van der Waals surface area contributed by atoms with Crippen molar-refractivity contribution in [2.24, 2.45) is 0 Å². The van der Waals surface area contributed by atoms with Gasteiger partial charge in [0, 0.05) is 31.8 Å². The molecule has 3 aliphatic heterocycles. The average molecular weight is 547 g/mol. The summed E-state index contributed by atoms with van der Waals surface area (Å²) in [6.07, 6.45) is 7.38. The van der Waals surface area contributed by atoms with Crippen LogP contribution in [0.4, 0.5) is 29.2 Å². The average Bonchev–Trinajstić information content (AvgIpc) is 3.33. The Morgan fingerprint density at radius 2 is 1.72 bits per heavy atom. The van der Waals surface area contributed by atoms with Crippen LogP contribution < -0.4 is 20.9 Å². The van der Waals surface area contributed by atoms with Crippen LogP contribution in [0.1, 0.15) is 73.5 Å². The number of aromatic nitrogens is 2. The minimum absolute atomic E-state index is 0.0545. The predicted molar refractivity (Wildman–Crippen MR) is 142 cm³/mol. The molecule has 4 heterocycles. The number of likely N-dealkylation sites (tertiary alicyclic amines) is 2. The summed E-state index contributed by atoms with van der Waals surface area (Å²) in [4.78, 5) is 11.7. The van der Waals surface area contributed by atoms with E-state index in [0.29, 0.717) is 47.7 Å². The van der Waals surface area contributed by atoms with Gasteiger partial charge in [0.1, 0.15) is 18.0 Å². The van der Waals surface area contributed by atoms with Crippen molar-refractivity contribution in [3.63, 3.8) is 0 Å². The summed E-state index contributed by atoms with van der Waals surface area (Å²) in [5.74, 6) is -0.0439. The molecule has 0 atom stereocenters. The van der Waals surface area contributed by atoms with E-state index in [9.17, 15) is 17.6 Å². The van der Waals surface area contributed by atoms with E-state index >= 15 is 0 Å². The maximum absolute atomic E-state index is 14.5. The van der Waals surface area contributed by atoms with Gasteiger partial charge in [0.25, 0.3) is 5.79 Å². The van der Waals surface area contributed by atoms with Gasteiger partial charge in [0.05, 0.1) is 30.6 Å². The van der Waals surface area contributed by atoms with Crippen LogP contribution in [-0.4, -0.2) is 53.4 Å². The number of hydrogen-bond acceptors (Lipinski definition) is 6. The molecule has 0 bridgehead atoms. The zero-order valence-electron chi connectivity index (χ0n) is 22.0. The molecule has 6 rings (SSSR count). The van der Waals surface area contributed by atoms with Crippen molar-refractivity contribution < 1.29 is 17.6 Å². The molecular formula is C28H36F4N7+. The molecule has 1 aliphatic carbocycles. The van der Waals surface area contributed by atoms with E-state index < -0.39 is 23.3 Å². The molecule has 0 amide bonds. The fourth-order valence-corrected chi connectivity index (χ4v) is 6.89. The molecule has 1 aromatic carbocycles. The molecule has 1 saturated carbocycles. The van der Waals surface area contributed by atoms with Gasteiger partial charge >= 0.3 is 6.18 Å². The molecular weight excluding hydrogens is 510 g/mol. The molecule has 1 aromatic heterocycles. The van der Waals surface area contributed by atoms with Crippen LogP contribution in [0.25, 0.3) is 0 Å². The largest absolute Gasteiger partial charge is 0.419 e. The molecule has 7 nitrogen and oxygen atoms in total. The van der Waals surface area contributed by atoms with Crippen LogP contribution in [0.5, 0.6) is 0 Å². The number of benzene rings is 1. The summed E-state index contributed by atoms with van der Waals surface area (Å²) in [6.45, 7) is 4.46. The van der Waals surface area contributed by atoms with Gasteiger partial charge in [-0.15, -0.1) is 0 Å². The molecule has 210 valence electrons. The Morgan fingerprint density at radius 3 is 2.28 bits per heavy atom. The highest BCUT2D eigenvalue weighted by molar-refractivity contribution is 5.59. The third-order valence-electron chi connectivity index (χ3n) is 9.50. The van der Waals surface area contributed by atoms with Crippen LogP contribution in [0.2, 0.25) is 0 Å². The maximum atomic E-state index is 14.5. The van der Waals surface area contributed by atoms with Crippen molar-refractivity contribution in [2.75, 3.05) is 38.5 Å². The van der Waals surface area contributed by atoms with Crippen molar-refractivity contribution in [1.82, 2.24) is 30.0 Å². The number of nitrogens with one attached hydrogen (secondary N) is 2. The van der Waals surface area contributed by atoms with Gasteiger partial charge in [-0.25, -0.2) is 13.9 Å². The highest BCUT2D eigenvalue weighted by Gasteiger charge is 2.57. The normalized spacial score (nSPS) is 26.9. The van der Waals surface area contributed by atoms with Crippen molar-refractivity contribution >= 4 is 11.6 Å². The van der Waals surface area contributed by atoms with Crippen LogP contribution in [0.3, 0.4) is 0 Å². The number of hydrogen-bond donors (Lipinski definition) is 3. The van der Waals surface area contributed by atoms with Gasteiger partial charge < -0.3 is 21.3 Å². The predicted octanol–water partition coefficient (Wildman–Crippen LogP) is 4.78. The van der Waals surface area contributed by atoms with Gasteiger partial charge in [-0.1, -0.05) is 12.5 Å². The highest BCUT2D eigenvalue weighted by atomic mass is 19.4. The first kappa shape index (κ1) is 26.3. The minimum Gasteiger partial charge on any atom is -0.383 e. The lowest BCUT2D eigenvalue weighted by Crippen LogP contribution is -2.78. The van der Waals surface area contributed by atoms with Crippen molar-refractivity contribution in [2.45, 2.75) is 68.7 Å². The molecule has 0 spiro atoms. The summed E-state index contributed by atoms with van der Waals surface area (Å²) >= 11 is 0. The molecule has 0 unspecified atom stereocenters. The summed E-state index contributed by atoms with van der Waals surface area (Å²) in [6, 6.07) is 3.38. The Morgan fingerprint density at radius 1 is 1.00 bits per heavy atom. The van der Waals surface area contributed by atoms with Gasteiger partial charge in [0.2, 0.25) is 5.82 Å². The summed E-state index contributed by atoms with van der Waals surface area (Å²) < 4.78 is 54.5. The monoisotopic (exact) mass is 546 g/mol. The maximum Gasteiger partial charge on any atom is 0.419 e. The Kier molecular flexibility index (Phi) is 6.69. The van der Waals surface area contributed by atoms with Crippen LogP contribution in [0, 0.1) is 5.82 Å². The van der Waals surface area contributed by atoms with E-state index in [1.807, 2.05) is 12.4 Å². The van der Waals surface area contributed by atoms with Crippen molar-refractivity contribution in [3.05, 3.63) is 59.4 Å². The lowest BCUT2D eigenvalue weighted by atomic mass is 9.79. The Labute approximate surface area is 226 Å². The molecule has 4 N–H and O–H groups in total. The second-order valence-electron chi connectivity index (χ2n) is 11.5. The number of nitrogens with two attached hydrogens (primary N) is 1. The number of rotatable bonds is 7. The third kappa shape index (κ3) is 4.53. The Balaban J connectivity index is 1.36. The number of quaternary nitrogens is 1. The first-order valence-corrected chi connectivity index (χ1v) is 14.0. The van der Waals surface area contributed by atoms with Gasteiger partial charge in [-0.3, -0.25) is 0 Å². The molecule has 4 aliphatic rings. The van der Waals surface area contributed by atoms with E-state index in [1.165, 1.54) is 12.5 Å². The second-order valence-corrected chi connectivity index (χ2v) is 11.5. The summed E-state index contributed by atoms with van der Waals surface area (Å²) in [7, 11) is 0. The fourth-order valence-electron chi connectivity index (χ4n) is 6.89. The Bertz CT molecular complexity index is 1220. The first-order valence-electron chi connectivity index (χ1n) is 14.0. The highest BCUT2D eigenvalue weighted by Crippen LogP contribution is 2.49. The number of nitrogens with zero attached hydrogens (tertiary/aromatic N) is 4. The lowest BCUT2D eigenvalue weighted by Gasteiger charge is -2.54. The minimum atomic E-state index is -4.71. The van der Waals surface area contributed by atoms with E-state index in [1.54, 1.807) is 6.33 Å². The number of halogens is 4. The van der Waals surface area contributed by atoms with Gasteiger partial charge in [-0.05, 0) is 61.9 Å². The van der Waals surface area contributed by atoms with E-state index in [2.05, 4.69) is 20.5 Å². The summed E-state index contributed by atoms with van der Waals surface area (Å²) in [5.41, 5.74) is 6.94. The first-order chi connectivity index (χ1) is 18.7. The SMILES string of the molecule is Nc1ncnc([N+]2(C3(CCN4CCC4)NC=CN3)CCC(c3ccc(C(F)(F)F)c(F)c3)CC2)c1C1CCC1. The molecule has 3 fully saturated rings.